The minimum atomic E-state index is -0.573. The van der Waals surface area contributed by atoms with Gasteiger partial charge in [0.25, 0.3) is 5.91 Å². The van der Waals surface area contributed by atoms with Gasteiger partial charge in [-0.2, -0.15) is 4.98 Å². The summed E-state index contributed by atoms with van der Waals surface area (Å²) in [7, 11) is 1.61. The van der Waals surface area contributed by atoms with Gasteiger partial charge in [0.1, 0.15) is 11.6 Å². The molecule has 1 amide bonds. The second-order valence-electron chi connectivity index (χ2n) is 8.05. The van der Waals surface area contributed by atoms with Crippen LogP contribution in [0.15, 0.2) is 72.8 Å². The lowest BCUT2D eigenvalue weighted by Crippen LogP contribution is -2.13. The van der Waals surface area contributed by atoms with Gasteiger partial charge in [0.05, 0.1) is 25.0 Å². The summed E-state index contributed by atoms with van der Waals surface area (Å²) in [6.07, 6.45) is 0. The molecule has 1 heterocycles. The van der Waals surface area contributed by atoms with Gasteiger partial charge in [-0.05, 0) is 54.4 Å². The lowest BCUT2D eigenvalue weighted by atomic mass is 10.2. The average molecular weight is 461 g/mol. The summed E-state index contributed by atoms with van der Waals surface area (Å²) in [6.45, 7) is 4.59. The van der Waals surface area contributed by atoms with Crippen molar-refractivity contribution in [3.05, 3.63) is 84.2 Å². The van der Waals surface area contributed by atoms with Crippen molar-refractivity contribution < 1.29 is 18.7 Å². The SMILES string of the molecule is COc1cccc(-c2nc(OCC(C)C)nn2-c2ccc(NC(=O)c3ccccc3F)cc2)c1. The Hall–Kier alpha value is -4.20. The number of benzene rings is 3. The van der Waals surface area contributed by atoms with Crippen molar-refractivity contribution in [1.29, 1.82) is 0 Å². The first-order valence-electron chi connectivity index (χ1n) is 10.8. The molecule has 0 fully saturated rings. The van der Waals surface area contributed by atoms with Gasteiger partial charge in [0.15, 0.2) is 5.82 Å². The fourth-order valence-corrected chi connectivity index (χ4v) is 3.25. The topological polar surface area (TPSA) is 78.3 Å². The highest BCUT2D eigenvalue weighted by Gasteiger charge is 2.16. The Morgan fingerprint density at radius 1 is 1.06 bits per heavy atom. The van der Waals surface area contributed by atoms with E-state index in [0.29, 0.717) is 35.5 Å². The van der Waals surface area contributed by atoms with E-state index in [1.165, 1.54) is 18.2 Å². The molecule has 7 nitrogen and oxygen atoms in total. The number of halogens is 1. The van der Waals surface area contributed by atoms with E-state index in [2.05, 4.69) is 15.4 Å². The van der Waals surface area contributed by atoms with Crippen molar-refractivity contribution in [2.75, 3.05) is 19.0 Å². The zero-order valence-electron chi connectivity index (χ0n) is 19.2. The summed E-state index contributed by atoms with van der Waals surface area (Å²) in [6, 6.07) is 20.7. The van der Waals surface area contributed by atoms with Gasteiger partial charge in [-0.1, -0.05) is 38.1 Å². The number of carbonyl (C=O) groups is 1. The van der Waals surface area contributed by atoms with Crippen LogP contribution in [0.4, 0.5) is 10.1 Å². The van der Waals surface area contributed by atoms with Crippen molar-refractivity contribution >= 4 is 11.6 Å². The molecule has 0 radical (unpaired) electrons. The second kappa shape index (κ2) is 10.2. The molecule has 174 valence electrons. The van der Waals surface area contributed by atoms with E-state index < -0.39 is 11.7 Å². The number of hydrogen-bond donors (Lipinski definition) is 1. The number of anilines is 1. The Kier molecular flexibility index (Phi) is 6.87. The third-order valence-electron chi connectivity index (χ3n) is 4.95. The molecule has 0 bridgehead atoms. The maximum absolute atomic E-state index is 13.9. The predicted molar refractivity (Wildman–Crippen MR) is 128 cm³/mol. The molecule has 3 aromatic carbocycles. The van der Waals surface area contributed by atoms with Gasteiger partial charge in [0, 0.05) is 11.3 Å². The number of ether oxygens (including phenoxy) is 2. The van der Waals surface area contributed by atoms with Gasteiger partial charge in [-0.3, -0.25) is 4.79 Å². The van der Waals surface area contributed by atoms with Gasteiger partial charge in [-0.25, -0.2) is 9.07 Å². The first-order valence-corrected chi connectivity index (χ1v) is 10.8. The molecule has 0 saturated carbocycles. The van der Waals surface area contributed by atoms with Crippen LogP contribution < -0.4 is 14.8 Å². The minimum Gasteiger partial charge on any atom is -0.497 e. The van der Waals surface area contributed by atoms with Crippen LogP contribution >= 0.6 is 0 Å². The van der Waals surface area contributed by atoms with Crippen LogP contribution in [0.25, 0.3) is 17.1 Å². The van der Waals surface area contributed by atoms with Gasteiger partial charge in [0.2, 0.25) is 0 Å². The van der Waals surface area contributed by atoms with E-state index in [9.17, 15) is 9.18 Å². The third-order valence-corrected chi connectivity index (χ3v) is 4.95. The molecule has 4 rings (SSSR count). The number of nitrogens with zero attached hydrogens (tertiary/aromatic N) is 3. The monoisotopic (exact) mass is 460 g/mol. The summed E-state index contributed by atoms with van der Waals surface area (Å²) >= 11 is 0. The fraction of sp³-hybridized carbons (Fsp3) is 0.192. The number of aromatic nitrogens is 3. The molecule has 8 heteroatoms. The highest BCUT2D eigenvalue weighted by Crippen LogP contribution is 2.27. The van der Waals surface area contributed by atoms with E-state index in [4.69, 9.17) is 9.47 Å². The van der Waals surface area contributed by atoms with E-state index in [1.54, 1.807) is 42.1 Å². The molecule has 0 aliphatic rings. The van der Waals surface area contributed by atoms with Crippen LogP contribution in [0.1, 0.15) is 24.2 Å². The Morgan fingerprint density at radius 2 is 1.82 bits per heavy atom. The number of rotatable bonds is 8. The molecule has 0 aliphatic heterocycles. The zero-order valence-corrected chi connectivity index (χ0v) is 19.2. The first-order chi connectivity index (χ1) is 16.4. The molecule has 0 saturated heterocycles. The first kappa shape index (κ1) is 23.0. The predicted octanol–water partition coefficient (Wildman–Crippen LogP) is 5.37. The van der Waals surface area contributed by atoms with Crippen molar-refractivity contribution in [1.82, 2.24) is 14.8 Å². The Bertz CT molecular complexity index is 1290. The zero-order chi connectivity index (χ0) is 24.1. The summed E-state index contributed by atoms with van der Waals surface area (Å²) < 4.78 is 26.7. The summed E-state index contributed by atoms with van der Waals surface area (Å²) in [5.74, 6) is 0.511. The van der Waals surface area contributed by atoms with Gasteiger partial charge >= 0.3 is 6.01 Å². The highest BCUT2D eigenvalue weighted by atomic mass is 19.1. The molecule has 0 unspecified atom stereocenters. The van der Waals surface area contributed by atoms with Crippen LogP contribution in [0.2, 0.25) is 0 Å². The quantitative estimate of drug-likeness (QED) is 0.383. The van der Waals surface area contributed by atoms with E-state index in [-0.39, 0.29) is 11.6 Å². The van der Waals surface area contributed by atoms with E-state index in [1.807, 2.05) is 38.1 Å². The highest BCUT2D eigenvalue weighted by molar-refractivity contribution is 6.04. The number of nitrogens with one attached hydrogen (secondary N) is 1. The Morgan fingerprint density at radius 3 is 2.53 bits per heavy atom. The second-order valence-corrected chi connectivity index (χ2v) is 8.05. The van der Waals surface area contributed by atoms with Crippen molar-refractivity contribution in [2.24, 2.45) is 5.92 Å². The number of carbonyl (C=O) groups excluding carboxylic acids is 1. The summed E-state index contributed by atoms with van der Waals surface area (Å²) in [5, 5.41) is 7.25. The lowest BCUT2D eigenvalue weighted by Gasteiger charge is -2.09. The molecule has 0 atom stereocenters. The maximum atomic E-state index is 13.9. The number of amides is 1. The fourth-order valence-electron chi connectivity index (χ4n) is 3.25. The van der Waals surface area contributed by atoms with Crippen LogP contribution in [0, 0.1) is 11.7 Å². The van der Waals surface area contributed by atoms with Crippen LogP contribution in [0.3, 0.4) is 0 Å². The van der Waals surface area contributed by atoms with Gasteiger partial charge < -0.3 is 14.8 Å². The normalized spacial score (nSPS) is 10.9. The lowest BCUT2D eigenvalue weighted by molar-refractivity contribution is 0.102. The van der Waals surface area contributed by atoms with Crippen LogP contribution in [-0.4, -0.2) is 34.4 Å². The minimum absolute atomic E-state index is 0.0184. The van der Waals surface area contributed by atoms with Crippen LogP contribution in [-0.2, 0) is 0 Å². The maximum Gasteiger partial charge on any atom is 0.336 e. The Balaban J connectivity index is 1.63. The third kappa shape index (κ3) is 5.23. The van der Waals surface area contributed by atoms with Crippen molar-refractivity contribution in [3.8, 4) is 28.8 Å². The van der Waals surface area contributed by atoms with Crippen molar-refractivity contribution in [3.63, 3.8) is 0 Å². The molecule has 4 aromatic rings. The molecule has 0 aliphatic carbocycles. The number of hydrogen-bond acceptors (Lipinski definition) is 5. The summed E-state index contributed by atoms with van der Waals surface area (Å²) in [4.78, 5) is 17.0. The standard InChI is InChI=1S/C26H25FN4O3/c1-17(2)16-34-26-29-24(18-7-6-8-21(15-18)33-3)31(30-26)20-13-11-19(12-14-20)28-25(32)22-9-4-5-10-23(22)27/h4-15,17H,16H2,1-3H3,(H,28,32). The van der Waals surface area contributed by atoms with Gasteiger partial charge in [-0.15, -0.1) is 5.10 Å². The summed E-state index contributed by atoms with van der Waals surface area (Å²) in [5.41, 5.74) is 2.03. The molecular weight excluding hydrogens is 435 g/mol. The largest absolute Gasteiger partial charge is 0.497 e. The van der Waals surface area contributed by atoms with Crippen molar-refractivity contribution in [2.45, 2.75) is 13.8 Å². The smallest absolute Gasteiger partial charge is 0.336 e. The molecule has 34 heavy (non-hydrogen) atoms. The molecule has 0 spiro atoms. The van der Waals surface area contributed by atoms with E-state index in [0.717, 1.165) is 5.56 Å². The van der Waals surface area contributed by atoms with E-state index >= 15 is 0 Å². The molecular formula is C26H25FN4O3. The number of methoxy groups -OCH3 is 1. The molecule has 1 N–H and O–H groups in total. The Labute approximate surface area is 197 Å². The molecule has 1 aromatic heterocycles. The van der Waals surface area contributed by atoms with Crippen LogP contribution in [0.5, 0.6) is 11.8 Å². The average Bonchev–Trinajstić information content (AvgIpc) is 3.28.